The van der Waals surface area contributed by atoms with Crippen molar-refractivity contribution in [3.63, 3.8) is 0 Å². The molecule has 0 amide bonds. The van der Waals surface area contributed by atoms with E-state index in [4.69, 9.17) is 15.9 Å². The van der Waals surface area contributed by atoms with E-state index in [9.17, 15) is 0 Å². The van der Waals surface area contributed by atoms with Crippen LogP contribution in [-0.2, 0) is 6.54 Å². The van der Waals surface area contributed by atoms with E-state index >= 15 is 0 Å². The molecule has 0 saturated heterocycles. The predicted molar refractivity (Wildman–Crippen MR) is 71.7 cm³/mol. The van der Waals surface area contributed by atoms with Crippen molar-refractivity contribution in [3.8, 4) is 0 Å². The molecule has 0 spiro atoms. The zero-order valence-corrected chi connectivity index (χ0v) is 11.1. The summed E-state index contributed by atoms with van der Waals surface area (Å²) >= 11 is 0. The molecule has 0 heterocycles. The Balaban J connectivity index is 0.000000304. The van der Waals surface area contributed by atoms with Crippen molar-refractivity contribution in [1.29, 1.82) is 0 Å². The molecule has 1 aromatic rings. The molecule has 0 aromatic heterocycles. The maximum Gasteiger partial charge on any atom is 0.0796 e. The third-order valence-electron chi connectivity index (χ3n) is 2.50. The standard InChI is InChI=1S/C8H11N.C6H14O2/c1-7-2-4-8(6-9)5-3-7;1-3-4-6(8)5(2)7/h2-5H,6,9H2,1H3;5-8H,3-4H2,1-2H3. The molecule has 0 bridgehead atoms. The van der Waals surface area contributed by atoms with Gasteiger partial charge in [0.2, 0.25) is 0 Å². The van der Waals surface area contributed by atoms with Crippen molar-refractivity contribution in [2.45, 2.75) is 52.4 Å². The Morgan fingerprint density at radius 2 is 1.71 bits per heavy atom. The first-order chi connectivity index (χ1) is 8.01. The number of benzene rings is 1. The van der Waals surface area contributed by atoms with Crippen LogP contribution >= 0.6 is 0 Å². The van der Waals surface area contributed by atoms with Crippen molar-refractivity contribution in [1.82, 2.24) is 0 Å². The highest BCUT2D eigenvalue weighted by atomic mass is 16.3. The normalized spacial score (nSPS) is 13.5. The summed E-state index contributed by atoms with van der Waals surface area (Å²) in [7, 11) is 0. The average Bonchev–Trinajstić information content (AvgIpc) is 2.31. The van der Waals surface area contributed by atoms with Gasteiger partial charge in [0.05, 0.1) is 12.2 Å². The third-order valence-corrected chi connectivity index (χ3v) is 2.50. The third kappa shape index (κ3) is 7.91. The lowest BCUT2D eigenvalue weighted by molar-refractivity contribution is 0.0259. The summed E-state index contributed by atoms with van der Waals surface area (Å²) in [6.45, 7) is 6.28. The summed E-state index contributed by atoms with van der Waals surface area (Å²) in [5.41, 5.74) is 7.88. The molecule has 0 saturated carbocycles. The summed E-state index contributed by atoms with van der Waals surface area (Å²) < 4.78 is 0. The van der Waals surface area contributed by atoms with Gasteiger partial charge in [0, 0.05) is 6.54 Å². The first-order valence-corrected chi connectivity index (χ1v) is 6.13. The van der Waals surface area contributed by atoms with Gasteiger partial charge in [0.15, 0.2) is 0 Å². The van der Waals surface area contributed by atoms with E-state index in [1.807, 2.05) is 6.92 Å². The van der Waals surface area contributed by atoms with Crippen molar-refractivity contribution < 1.29 is 10.2 Å². The largest absolute Gasteiger partial charge is 0.391 e. The summed E-state index contributed by atoms with van der Waals surface area (Å²) in [6, 6.07) is 8.25. The summed E-state index contributed by atoms with van der Waals surface area (Å²) in [4.78, 5) is 0. The van der Waals surface area contributed by atoms with Gasteiger partial charge in [-0.2, -0.15) is 0 Å². The average molecular weight is 239 g/mol. The molecule has 3 heteroatoms. The summed E-state index contributed by atoms with van der Waals surface area (Å²) in [5.74, 6) is 0. The maximum absolute atomic E-state index is 8.88. The van der Waals surface area contributed by atoms with Crippen molar-refractivity contribution in [2.75, 3.05) is 0 Å². The van der Waals surface area contributed by atoms with E-state index < -0.39 is 12.2 Å². The molecule has 0 aliphatic carbocycles. The van der Waals surface area contributed by atoms with Gasteiger partial charge in [0.25, 0.3) is 0 Å². The molecule has 2 unspecified atom stereocenters. The van der Waals surface area contributed by atoms with E-state index in [1.165, 1.54) is 11.1 Å². The van der Waals surface area contributed by atoms with Crippen LogP contribution in [0.3, 0.4) is 0 Å². The Morgan fingerprint density at radius 3 is 2.00 bits per heavy atom. The quantitative estimate of drug-likeness (QED) is 0.752. The highest BCUT2D eigenvalue weighted by Gasteiger charge is 2.07. The van der Waals surface area contributed by atoms with Gasteiger partial charge >= 0.3 is 0 Å². The molecule has 0 aliphatic heterocycles. The Hall–Kier alpha value is -0.900. The summed E-state index contributed by atoms with van der Waals surface area (Å²) in [5, 5.41) is 17.6. The van der Waals surface area contributed by atoms with Crippen LogP contribution in [0.15, 0.2) is 24.3 Å². The van der Waals surface area contributed by atoms with Crippen molar-refractivity contribution in [2.24, 2.45) is 5.73 Å². The molecule has 1 aromatic carbocycles. The van der Waals surface area contributed by atoms with Crippen molar-refractivity contribution in [3.05, 3.63) is 35.4 Å². The molecular weight excluding hydrogens is 214 g/mol. The molecule has 1 rings (SSSR count). The van der Waals surface area contributed by atoms with Crippen LogP contribution in [0.1, 0.15) is 37.8 Å². The van der Waals surface area contributed by atoms with E-state index in [0.29, 0.717) is 13.0 Å². The fraction of sp³-hybridized carbons (Fsp3) is 0.571. The van der Waals surface area contributed by atoms with E-state index in [0.717, 1.165) is 6.42 Å². The molecule has 0 fully saturated rings. The van der Waals surface area contributed by atoms with E-state index in [1.54, 1.807) is 6.92 Å². The number of aliphatic hydroxyl groups is 2. The number of rotatable bonds is 4. The topological polar surface area (TPSA) is 66.5 Å². The zero-order valence-electron chi connectivity index (χ0n) is 11.1. The van der Waals surface area contributed by atoms with E-state index in [-0.39, 0.29) is 0 Å². The Bertz CT molecular complexity index is 283. The van der Waals surface area contributed by atoms with Crippen LogP contribution in [-0.4, -0.2) is 22.4 Å². The number of aryl methyl sites for hydroxylation is 1. The second kappa shape index (κ2) is 9.16. The van der Waals surface area contributed by atoms with Crippen molar-refractivity contribution >= 4 is 0 Å². The minimum atomic E-state index is -0.574. The highest BCUT2D eigenvalue weighted by Crippen LogP contribution is 2.01. The fourth-order valence-electron chi connectivity index (χ4n) is 1.26. The summed E-state index contributed by atoms with van der Waals surface area (Å²) in [6.07, 6.45) is 0.513. The lowest BCUT2D eigenvalue weighted by atomic mass is 10.1. The molecule has 0 radical (unpaired) electrons. The number of hydrogen-bond acceptors (Lipinski definition) is 3. The van der Waals surface area contributed by atoms with Gasteiger partial charge in [-0.3, -0.25) is 0 Å². The molecule has 2 atom stereocenters. The molecular formula is C14H25NO2. The Labute approximate surface area is 104 Å². The monoisotopic (exact) mass is 239 g/mol. The van der Waals surface area contributed by atoms with Crippen LogP contribution in [0, 0.1) is 6.92 Å². The number of nitrogens with two attached hydrogens (primary N) is 1. The van der Waals surface area contributed by atoms with Gasteiger partial charge in [-0.1, -0.05) is 43.2 Å². The van der Waals surface area contributed by atoms with Crippen LogP contribution in [0.25, 0.3) is 0 Å². The van der Waals surface area contributed by atoms with Gasteiger partial charge in [-0.15, -0.1) is 0 Å². The highest BCUT2D eigenvalue weighted by molar-refractivity contribution is 5.20. The Kier molecular flexibility index (Phi) is 8.68. The van der Waals surface area contributed by atoms with Gasteiger partial charge in [0.1, 0.15) is 0 Å². The molecule has 0 aliphatic rings. The zero-order chi connectivity index (χ0) is 13.3. The molecule has 17 heavy (non-hydrogen) atoms. The minimum absolute atomic E-state index is 0.528. The molecule has 3 nitrogen and oxygen atoms in total. The minimum Gasteiger partial charge on any atom is -0.391 e. The number of aliphatic hydroxyl groups excluding tert-OH is 2. The first-order valence-electron chi connectivity index (χ1n) is 6.13. The predicted octanol–water partition coefficient (Wildman–Crippen LogP) is 1.98. The van der Waals surface area contributed by atoms with E-state index in [2.05, 4.69) is 31.2 Å². The van der Waals surface area contributed by atoms with Crippen LogP contribution < -0.4 is 5.73 Å². The Morgan fingerprint density at radius 1 is 1.18 bits per heavy atom. The molecule has 4 N–H and O–H groups in total. The smallest absolute Gasteiger partial charge is 0.0796 e. The van der Waals surface area contributed by atoms with Crippen LogP contribution in [0.2, 0.25) is 0 Å². The van der Waals surface area contributed by atoms with Gasteiger partial charge in [-0.05, 0) is 25.8 Å². The fourth-order valence-corrected chi connectivity index (χ4v) is 1.26. The maximum atomic E-state index is 8.88. The van der Waals surface area contributed by atoms with Gasteiger partial charge < -0.3 is 15.9 Å². The lowest BCUT2D eigenvalue weighted by Gasteiger charge is -2.10. The second-order valence-corrected chi connectivity index (χ2v) is 4.29. The van der Waals surface area contributed by atoms with Crippen LogP contribution in [0.4, 0.5) is 0 Å². The molecule has 98 valence electrons. The first kappa shape index (κ1) is 16.1. The van der Waals surface area contributed by atoms with Gasteiger partial charge in [-0.25, -0.2) is 0 Å². The second-order valence-electron chi connectivity index (χ2n) is 4.29. The number of hydrogen-bond donors (Lipinski definition) is 3. The van der Waals surface area contributed by atoms with Crippen LogP contribution in [0.5, 0.6) is 0 Å². The lowest BCUT2D eigenvalue weighted by Crippen LogP contribution is -2.21. The SMILES string of the molecule is CCCC(O)C(C)O.Cc1ccc(CN)cc1.